The number of hydrogen-bond donors (Lipinski definition) is 1. The van der Waals surface area contributed by atoms with E-state index in [1.54, 1.807) is 0 Å². The molecule has 3 heteroatoms. The molecule has 2 aromatic carbocycles. The van der Waals surface area contributed by atoms with Crippen molar-refractivity contribution < 1.29 is 0 Å². The maximum absolute atomic E-state index is 11.9. The average molecular weight is 266 g/mol. The summed E-state index contributed by atoms with van der Waals surface area (Å²) in [5, 5.41) is 0. The zero-order valence-corrected chi connectivity index (χ0v) is 11.8. The Morgan fingerprint density at radius 1 is 0.950 bits per heavy atom. The Labute approximate surface area is 118 Å². The van der Waals surface area contributed by atoms with Gasteiger partial charge in [-0.25, -0.2) is 4.98 Å². The zero-order valence-electron chi connectivity index (χ0n) is 11.8. The Morgan fingerprint density at radius 2 is 1.60 bits per heavy atom. The maximum Gasteiger partial charge on any atom is 0.270 e. The summed E-state index contributed by atoms with van der Waals surface area (Å²) in [6, 6.07) is 17.4. The second-order valence-corrected chi connectivity index (χ2v) is 4.19. The van der Waals surface area contributed by atoms with Crippen LogP contribution < -0.4 is 5.56 Å². The van der Waals surface area contributed by atoms with E-state index in [9.17, 15) is 4.79 Å². The third-order valence-electron chi connectivity index (χ3n) is 2.88. The topological polar surface area (TPSA) is 45.8 Å². The highest BCUT2D eigenvalue weighted by Gasteiger charge is 2.05. The number of fused-ring (bicyclic) bond motifs is 1. The molecule has 20 heavy (non-hydrogen) atoms. The lowest BCUT2D eigenvalue weighted by atomic mass is 10.1. The summed E-state index contributed by atoms with van der Waals surface area (Å²) >= 11 is 0. The van der Waals surface area contributed by atoms with Gasteiger partial charge in [-0.15, -0.1) is 0 Å². The maximum atomic E-state index is 11.9. The van der Waals surface area contributed by atoms with Crippen molar-refractivity contribution in [2.75, 3.05) is 0 Å². The van der Waals surface area contributed by atoms with Crippen molar-refractivity contribution in [3.8, 4) is 0 Å². The normalized spacial score (nSPS) is 9.90. The molecule has 3 aromatic rings. The fraction of sp³-hybridized carbons (Fsp3) is 0.176. The third-order valence-corrected chi connectivity index (χ3v) is 2.88. The molecule has 0 amide bonds. The minimum Gasteiger partial charge on any atom is -0.319 e. The van der Waals surface area contributed by atoms with Crippen molar-refractivity contribution in [1.82, 2.24) is 9.97 Å². The van der Waals surface area contributed by atoms with Crippen molar-refractivity contribution in [2.45, 2.75) is 20.3 Å². The zero-order chi connectivity index (χ0) is 14.4. The summed E-state index contributed by atoms with van der Waals surface area (Å²) in [5.74, 6) is 0. The molecule has 0 aliphatic rings. The van der Waals surface area contributed by atoms with E-state index >= 15 is 0 Å². The monoisotopic (exact) mass is 266 g/mol. The van der Waals surface area contributed by atoms with Gasteiger partial charge in [0.2, 0.25) is 0 Å². The molecule has 1 aromatic heterocycles. The minimum absolute atomic E-state index is 0.113. The molecule has 1 heterocycles. The Morgan fingerprint density at radius 3 is 2.35 bits per heavy atom. The molecule has 0 bridgehead atoms. The number of aromatic nitrogens is 2. The molecular weight excluding hydrogens is 248 g/mol. The van der Waals surface area contributed by atoms with Crippen LogP contribution in [0.15, 0.2) is 59.4 Å². The fourth-order valence-corrected chi connectivity index (χ4v) is 1.98. The Bertz CT molecular complexity index is 733. The van der Waals surface area contributed by atoms with Crippen LogP contribution in [0.4, 0.5) is 0 Å². The van der Waals surface area contributed by atoms with Crippen molar-refractivity contribution >= 4 is 11.0 Å². The molecule has 0 fully saturated rings. The fourth-order valence-electron chi connectivity index (χ4n) is 1.98. The summed E-state index contributed by atoms with van der Waals surface area (Å²) in [6.45, 7) is 4.00. The molecule has 0 saturated heterocycles. The van der Waals surface area contributed by atoms with Gasteiger partial charge in [0, 0.05) is 6.42 Å². The van der Waals surface area contributed by atoms with E-state index in [4.69, 9.17) is 0 Å². The Hall–Kier alpha value is -2.42. The van der Waals surface area contributed by atoms with Crippen LogP contribution in [0.25, 0.3) is 11.0 Å². The van der Waals surface area contributed by atoms with Gasteiger partial charge >= 0.3 is 0 Å². The number of para-hydroxylation sites is 2. The van der Waals surface area contributed by atoms with Crippen LogP contribution in [0.2, 0.25) is 0 Å². The summed E-state index contributed by atoms with van der Waals surface area (Å²) in [6.07, 6.45) is 0.557. The minimum atomic E-state index is -0.113. The lowest BCUT2D eigenvalue weighted by molar-refractivity contribution is 1.03. The lowest BCUT2D eigenvalue weighted by Crippen LogP contribution is -2.15. The molecule has 0 aliphatic carbocycles. The molecule has 0 aliphatic heterocycles. The van der Waals surface area contributed by atoms with Gasteiger partial charge in [-0.2, -0.15) is 0 Å². The second kappa shape index (κ2) is 6.66. The van der Waals surface area contributed by atoms with Crippen molar-refractivity contribution in [2.24, 2.45) is 0 Å². The van der Waals surface area contributed by atoms with Crippen LogP contribution in [-0.4, -0.2) is 9.97 Å². The molecule has 1 N–H and O–H groups in total. The van der Waals surface area contributed by atoms with E-state index < -0.39 is 0 Å². The average Bonchev–Trinajstić information content (AvgIpc) is 2.51. The van der Waals surface area contributed by atoms with Crippen LogP contribution >= 0.6 is 0 Å². The van der Waals surface area contributed by atoms with Gasteiger partial charge in [-0.3, -0.25) is 4.79 Å². The SMILES string of the molecule is CC.O=c1[nH]c2ccccc2nc1Cc1ccccc1. The third kappa shape index (κ3) is 3.12. The number of nitrogens with one attached hydrogen (secondary N) is 1. The second-order valence-electron chi connectivity index (χ2n) is 4.19. The molecule has 3 nitrogen and oxygen atoms in total. The highest BCUT2D eigenvalue weighted by Crippen LogP contribution is 2.09. The van der Waals surface area contributed by atoms with Crippen LogP contribution in [-0.2, 0) is 6.42 Å². The summed E-state index contributed by atoms with van der Waals surface area (Å²) in [5.41, 5.74) is 3.13. The quantitative estimate of drug-likeness (QED) is 0.771. The van der Waals surface area contributed by atoms with E-state index in [0.29, 0.717) is 12.1 Å². The number of aromatic amines is 1. The number of rotatable bonds is 2. The van der Waals surface area contributed by atoms with Crippen LogP contribution in [0.1, 0.15) is 25.1 Å². The molecule has 0 unspecified atom stereocenters. The van der Waals surface area contributed by atoms with Crippen LogP contribution in [0, 0.1) is 0 Å². The number of nitrogens with zero attached hydrogens (tertiary/aromatic N) is 1. The van der Waals surface area contributed by atoms with E-state index in [-0.39, 0.29) is 5.56 Å². The van der Waals surface area contributed by atoms with Crippen LogP contribution in [0.5, 0.6) is 0 Å². The number of H-pyrrole nitrogens is 1. The van der Waals surface area contributed by atoms with Gasteiger partial charge in [0.1, 0.15) is 5.69 Å². The predicted molar refractivity (Wildman–Crippen MR) is 83.0 cm³/mol. The largest absolute Gasteiger partial charge is 0.319 e. The smallest absolute Gasteiger partial charge is 0.270 e. The Balaban J connectivity index is 0.000000704. The van der Waals surface area contributed by atoms with Crippen molar-refractivity contribution in [3.63, 3.8) is 0 Å². The summed E-state index contributed by atoms with van der Waals surface area (Å²) in [4.78, 5) is 19.2. The van der Waals surface area contributed by atoms with Gasteiger partial charge in [0.25, 0.3) is 5.56 Å². The first-order chi connectivity index (χ1) is 9.83. The van der Waals surface area contributed by atoms with Gasteiger partial charge in [-0.1, -0.05) is 56.3 Å². The standard InChI is InChI=1S/C15H12N2O.C2H6/c18-15-14(10-11-6-2-1-3-7-11)16-12-8-4-5-9-13(12)17-15;1-2/h1-9H,10H2,(H,17,18);1-2H3. The first kappa shape index (κ1) is 14.0. The highest BCUT2D eigenvalue weighted by molar-refractivity contribution is 5.73. The van der Waals surface area contributed by atoms with Crippen molar-refractivity contribution in [1.29, 1.82) is 0 Å². The summed E-state index contributed by atoms with van der Waals surface area (Å²) in [7, 11) is 0. The highest BCUT2D eigenvalue weighted by atomic mass is 16.1. The molecule has 0 atom stereocenters. The molecule has 102 valence electrons. The van der Waals surface area contributed by atoms with Gasteiger partial charge in [0.15, 0.2) is 0 Å². The number of hydrogen-bond acceptors (Lipinski definition) is 2. The summed E-state index contributed by atoms with van der Waals surface area (Å²) < 4.78 is 0. The van der Waals surface area contributed by atoms with Crippen molar-refractivity contribution in [3.05, 3.63) is 76.2 Å². The van der Waals surface area contributed by atoms with E-state index in [1.807, 2.05) is 68.4 Å². The van der Waals surface area contributed by atoms with Gasteiger partial charge in [0.05, 0.1) is 11.0 Å². The van der Waals surface area contributed by atoms with E-state index in [0.717, 1.165) is 16.6 Å². The lowest BCUT2D eigenvalue weighted by Gasteiger charge is -2.02. The number of benzene rings is 2. The molecular formula is C17H18N2O. The van der Waals surface area contributed by atoms with Crippen LogP contribution in [0.3, 0.4) is 0 Å². The first-order valence-corrected chi connectivity index (χ1v) is 6.85. The predicted octanol–water partition coefficient (Wildman–Crippen LogP) is 3.54. The van der Waals surface area contributed by atoms with Gasteiger partial charge in [-0.05, 0) is 17.7 Å². The molecule has 0 saturated carbocycles. The van der Waals surface area contributed by atoms with E-state index in [2.05, 4.69) is 9.97 Å². The van der Waals surface area contributed by atoms with Gasteiger partial charge < -0.3 is 4.98 Å². The Kier molecular flexibility index (Phi) is 4.66. The molecule has 0 radical (unpaired) electrons. The first-order valence-electron chi connectivity index (χ1n) is 6.85. The molecule has 3 rings (SSSR count). The van der Waals surface area contributed by atoms with E-state index in [1.165, 1.54) is 0 Å². The molecule has 0 spiro atoms.